The van der Waals surface area contributed by atoms with Crippen molar-refractivity contribution in [2.75, 3.05) is 26.7 Å². The van der Waals surface area contributed by atoms with Crippen LogP contribution < -0.4 is 4.74 Å². The zero-order valence-corrected chi connectivity index (χ0v) is 13.1. The second kappa shape index (κ2) is 5.94. The predicted octanol–water partition coefficient (Wildman–Crippen LogP) is 1.24. The Kier molecular flexibility index (Phi) is 4.19. The molecule has 2 saturated heterocycles. The van der Waals surface area contributed by atoms with Gasteiger partial charge in [-0.15, -0.1) is 0 Å². The molecule has 1 aromatic heterocycles. The van der Waals surface area contributed by atoms with Crippen molar-refractivity contribution in [3.8, 4) is 5.88 Å². The number of hydrogen-bond acceptors (Lipinski definition) is 6. The molecule has 0 aromatic carbocycles. The van der Waals surface area contributed by atoms with Crippen LogP contribution >= 0.6 is 12.2 Å². The van der Waals surface area contributed by atoms with E-state index >= 15 is 0 Å². The van der Waals surface area contributed by atoms with Gasteiger partial charge in [-0.05, 0) is 30.7 Å². The number of methoxy groups -OCH3 is 1. The van der Waals surface area contributed by atoms with Crippen LogP contribution in [0.1, 0.15) is 25.0 Å². The molecule has 1 aromatic rings. The first-order valence-electron chi connectivity index (χ1n) is 7.40. The summed E-state index contributed by atoms with van der Waals surface area (Å²) >= 11 is 5.46. The van der Waals surface area contributed by atoms with Gasteiger partial charge in [0, 0.05) is 31.5 Å². The van der Waals surface area contributed by atoms with Gasteiger partial charge in [0.05, 0.1) is 18.4 Å². The molecular formula is C15H21N3O2S. The summed E-state index contributed by atoms with van der Waals surface area (Å²) in [4.78, 5) is 11.5. The Bertz CT molecular complexity index is 539. The highest BCUT2D eigenvalue weighted by atomic mass is 32.1. The Labute approximate surface area is 130 Å². The first kappa shape index (κ1) is 14.8. The van der Waals surface area contributed by atoms with E-state index in [9.17, 15) is 5.11 Å². The monoisotopic (exact) mass is 307 g/mol. The lowest BCUT2D eigenvalue weighted by Crippen LogP contribution is -2.42. The fourth-order valence-corrected chi connectivity index (χ4v) is 3.70. The van der Waals surface area contributed by atoms with E-state index in [4.69, 9.17) is 17.0 Å². The first-order chi connectivity index (χ1) is 10.1. The Morgan fingerprint density at radius 1 is 1.57 bits per heavy atom. The minimum atomic E-state index is -0.536. The van der Waals surface area contributed by atoms with Crippen LogP contribution in [0.4, 0.5) is 0 Å². The molecule has 6 heteroatoms. The van der Waals surface area contributed by atoms with Gasteiger partial charge in [-0.25, -0.2) is 9.97 Å². The smallest absolute Gasteiger partial charge is 0.216 e. The SMILES string of the molecule is COc1cc(CC(=S)CC[C@]2(O)CN3CC[C@H]2C3)ncn1. The van der Waals surface area contributed by atoms with Crippen LogP contribution in [0.25, 0.3) is 0 Å². The molecule has 1 N–H and O–H groups in total. The molecule has 0 radical (unpaired) electrons. The molecule has 2 fully saturated rings. The van der Waals surface area contributed by atoms with Gasteiger partial charge >= 0.3 is 0 Å². The molecule has 5 nitrogen and oxygen atoms in total. The van der Waals surface area contributed by atoms with E-state index in [1.807, 2.05) is 6.07 Å². The van der Waals surface area contributed by atoms with E-state index in [1.54, 1.807) is 7.11 Å². The minimum Gasteiger partial charge on any atom is -0.481 e. The average Bonchev–Trinajstić information content (AvgIpc) is 3.06. The molecule has 114 valence electrons. The largest absolute Gasteiger partial charge is 0.481 e. The molecule has 3 atom stereocenters. The van der Waals surface area contributed by atoms with E-state index in [0.29, 0.717) is 18.2 Å². The maximum atomic E-state index is 10.7. The lowest BCUT2D eigenvalue weighted by atomic mass is 9.83. The van der Waals surface area contributed by atoms with Crippen molar-refractivity contribution in [1.29, 1.82) is 0 Å². The Hall–Kier alpha value is -1.11. The summed E-state index contributed by atoms with van der Waals surface area (Å²) < 4.78 is 5.09. The van der Waals surface area contributed by atoms with Crippen LogP contribution in [0.15, 0.2) is 12.4 Å². The number of piperidine rings is 1. The van der Waals surface area contributed by atoms with Crippen molar-refractivity contribution < 1.29 is 9.84 Å². The van der Waals surface area contributed by atoms with Crippen molar-refractivity contribution in [1.82, 2.24) is 14.9 Å². The topological polar surface area (TPSA) is 58.5 Å². The first-order valence-corrected chi connectivity index (χ1v) is 7.81. The third kappa shape index (κ3) is 3.22. The van der Waals surface area contributed by atoms with Gasteiger partial charge in [-0.3, -0.25) is 0 Å². The molecule has 2 bridgehead atoms. The summed E-state index contributed by atoms with van der Waals surface area (Å²) in [5.74, 6) is 0.988. The molecule has 0 spiro atoms. The van der Waals surface area contributed by atoms with E-state index in [-0.39, 0.29) is 0 Å². The minimum absolute atomic E-state index is 0.430. The predicted molar refractivity (Wildman–Crippen MR) is 83.6 cm³/mol. The van der Waals surface area contributed by atoms with Crippen LogP contribution in [0, 0.1) is 5.92 Å². The normalized spacial score (nSPS) is 30.6. The van der Waals surface area contributed by atoms with E-state index in [0.717, 1.165) is 49.5 Å². The lowest BCUT2D eigenvalue weighted by Gasteiger charge is -2.32. The number of hydrogen-bond donors (Lipinski definition) is 1. The van der Waals surface area contributed by atoms with Crippen LogP contribution in [0.3, 0.4) is 0 Å². The van der Waals surface area contributed by atoms with E-state index in [1.165, 1.54) is 6.33 Å². The fraction of sp³-hybridized carbons (Fsp3) is 0.667. The standard InChI is InChI=1S/C15H21N3O2S/c1-20-14-7-12(16-10-17-14)6-13(21)2-4-15(19)9-18-5-3-11(15)8-18/h7,10-11,19H,2-6,8-9H2,1H3/t11-,15-/m0/s1. The highest BCUT2D eigenvalue weighted by Crippen LogP contribution is 2.39. The average molecular weight is 307 g/mol. The maximum Gasteiger partial charge on any atom is 0.216 e. The quantitative estimate of drug-likeness (QED) is 0.798. The van der Waals surface area contributed by atoms with Gasteiger partial charge in [0.15, 0.2) is 0 Å². The fourth-order valence-electron chi connectivity index (χ4n) is 3.45. The molecule has 1 unspecified atom stereocenters. The van der Waals surface area contributed by atoms with Crippen molar-refractivity contribution in [3.63, 3.8) is 0 Å². The molecule has 2 aliphatic rings. The zero-order valence-electron chi connectivity index (χ0n) is 12.3. The van der Waals surface area contributed by atoms with Gasteiger partial charge in [0.25, 0.3) is 0 Å². The van der Waals surface area contributed by atoms with E-state index in [2.05, 4.69) is 14.9 Å². The summed E-state index contributed by atoms with van der Waals surface area (Å²) in [5.41, 5.74) is 0.335. The van der Waals surface area contributed by atoms with Crippen LogP contribution in [0.5, 0.6) is 5.88 Å². The molecule has 0 saturated carbocycles. The van der Waals surface area contributed by atoms with Crippen molar-refractivity contribution >= 4 is 17.1 Å². The second-order valence-electron chi connectivity index (χ2n) is 6.09. The number of ether oxygens (including phenoxy) is 1. The van der Waals surface area contributed by atoms with Gasteiger partial charge in [-0.1, -0.05) is 12.2 Å². The number of thiocarbonyl (C=S) groups is 1. The van der Waals surface area contributed by atoms with Crippen molar-refractivity contribution in [2.45, 2.75) is 31.3 Å². The van der Waals surface area contributed by atoms with E-state index < -0.39 is 5.60 Å². The summed E-state index contributed by atoms with van der Waals surface area (Å²) in [6.07, 6.45) is 4.77. The Balaban J connectivity index is 1.52. The van der Waals surface area contributed by atoms with Gasteiger partial charge < -0.3 is 14.7 Å². The van der Waals surface area contributed by atoms with Gasteiger partial charge in [-0.2, -0.15) is 0 Å². The number of aromatic nitrogens is 2. The Morgan fingerprint density at radius 3 is 3.10 bits per heavy atom. The van der Waals surface area contributed by atoms with Gasteiger partial charge in [0.1, 0.15) is 6.33 Å². The molecule has 3 heterocycles. The maximum absolute atomic E-state index is 10.7. The Morgan fingerprint density at radius 2 is 2.43 bits per heavy atom. The molecule has 0 amide bonds. The van der Waals surface area contributed by atoms with Crippen molar-refractivity contribution in [2.24, 2.45) is 5.92 Å². The highest BCUT2D eigenvalue weighted by molar-refractivity contribution is 7.80. The number of rotatable bonds is 6. The molecule has 21 heavy (non-hydrogen) atoms. The third-order valence-corrected chi connectivity index (χ3v) is 5.00. The number of aliphatic hydroxyl groups is 1. The van der Waals surface area contributed by atoms with Crippen LogP contribution in [-0.2, 0) is 6.42 Å². The molecule has 2 aliphatic heterocycles. The zero-order chi connectivity index (χ0) is 14.9. The number of nitrogens with zero attached hydrogens (tertiary/aromatic N) is 3. The third-order valence-electron chi connectivity index (χ3n) is 4.65. The van der Waals surface area contributed by atoms with Gasteiger partial charge in [0.2, 0.25) is 5.88 Å². The molecule has 3 rings (SSSR count). The lowest BCUT2D eigenvalue weighted by molar-refractivity contribution is -0.0107. The summed E-state index contributed by atoms with van der Waals surface area (Å²) in [7, 11) is 1.59. The second-order valence-corrected chi connectivity index (χ2v) is 6.67. The summed E-state index contributed by atoms with van der Waals surface area (Å²) in [6.45, 7) is 2.99. The summed E-state index contributed by atoms with van der Waals surface area (Å²) in [5, 5.41) is 10.7. The highest BCUT2D eigenvalue weighted by Gasteiger charge is 2.48. The molecule has 0 aliphatic carbocycles. The number of fused-ring (bicyclic) bond motifs is 2. The van der Waals surface area contributed by atoms with Crippen LogP contribution in [-0.4, -0.2) is 57.2 Å². The molecular weight excluding hydrogens is 286 g/mol. The summed E-state index contributed by atoms with van der Waals surface area (Å²) in [6, 6.07) is 1.81. The van der Waals surface area contributed by atoms with Crippen LogP contribution in [0.2, 0.25) is 0 Å². The van der Waals surface area contributed by atoms with Crippen molar-refractivity contribution in [3.05, 3.63) is 18.1 Å².